The fourth-order valence-electron chi connectivity index (χ4n) is 9.43. The van der Waals surface area contributed by atoms with Gasteiger partial charge in [-0.1, -0.05) is 288 Å². The Morgan fingerprint density at radius 3 is 1.10 bits per heavy atom. The highest BCUT2D eigenvalue weighted by Crippen LogP contribution is 2.17. The van der Waals surface area contributed by atoms with Crippen LogP contribution in [0.25, 0.3) is 0 Å². The molecule has 0 saturated carbocycles. The van der Waals surface area contributed by atoms with E-state index in [1.165, 1.54) is 244 Å². The van der Waals surface area contributed by atoms with Crippen molar-refractivity contribution in [3.63, 3.8) is 0 Å². The van der Waals surface area contributed by atoms with E-state index >= 15 is 0 Å². The predicted octanol–water partition coefficient (Wildman–Crippen LogP) is 19.2. The summed E-state index contributed by atoms with van der Waals surface area (Å²) in [5.41, 5.74) is 0. The summed E-state index contributed by atoms with van der Waals surface area (Å²) >= 11 is 0. The van der Waals surface area contributed by atoms with Crippen LogP contribution in [0.4, 0.5) is 0 Å². The monoisotopic (exact) mass is 970 g/mol. The number of esters is 1. The van der Waals surface area contributed by atoms with Crippen molar-refractivity contribution in [2.24, 2.45) is 0 Å². The van der Waals surface area contributed by atoms with Crippen LogP contribution in [0.15, 0.2) is 36.5 Å². The van der Waals surface area contributed by atoms with E-state index in [4.69, 9.17) is 4.74 Å². The van der Waals surface area contributed by atoms with Crippen molar-refractivity contribution in [3.8, 4) is 0 Å². The van der Waals surface area contributed by atoms with Gasteiger partial charge in [-0.25, -0.2) is 0 Å². The average molecular weight is 971 g/mol. The predicted molar refractivity (Wildman–Crippen MR) is 301 cm³/mol. The standard InChI is InChI=1S/C63H119NO5/c1-3-5-7-9-11-13-15-17-18-29-33-37-41-45-49-53-57-63(68)69-58-54-50-46-42-38-34-30-27-25-23-21-19-20-22-24-26-28-32-36-40-44-48-52-56-62(67)64-60(59-65)61(66)55-51-47-43-39-35-31-16-14-12-10-8-6-4-2/h19,21-22,24,51,55,60-61,65-66H,3-18,20,23,25-50,52-54,56-59H2,1-2H3,(H,64,67)/b21-19-,24-22-,55-51+. The van der Waals surface area contributed by atoms with Crippen LogP contribution in [-0.4, -0.2) is 47.4 Å². The summed E-state index contributed by atoms with van der Waals surface area (Å²) in [5, 5.41) is 23.1. The van der Waals surface area contributed by atoms with Crippen LogP contribution in [0.5, 0.6) is 0 Å². The molecule has 0 saturated heterocycles. The molecule has 0 spiro atoms. The van der Waals surface area contributed by atoms with E-state index in [0.717, 1.165) is 57.8 Å². The SMILES string of the molecule is CCCCCCCCCCCCC/C=C/C(O)C(CO)NC(=O)CCCCCCCCC/C=C\C/C=C\CCCCCCCCCCCOC(=O)CCCCCCCCCCCCCCCCCC. The summed E-state index contributed by atoms with van der Waals surface area (Å²) in [6.45, 7) is 4.90. The van der Waals surface area contributed by atoms with Crippen LogP contribution in [0.3, 0.4) is 0 Å². The highest BCUT2D eigenvalue weighted by molar-refractivity contribution is 5.76. The molecule has 0 radical (unpaired) electrons. The number of aliphatic hydroxyl groups excluding tert-OH is 2. The lowest BCUT2D eigenvalue weighted by atomic mass is 10.0. The van der Waals surface area contributed by atoms with Crippen molar-refractivity contribution in [2.45, 2.75) is 341 Å². The molecular formula is C63H119NO5. The van der Waals surface area contributed by atoms with E-state index in [0.29, 0.717) is 19.4 Å². The molecule has 6 nitrogen and oxygen atoms in total. The highest BCUT2D eigenvalue weighted by Gasteiger charge is 2.18. The Morgan fingerprint density at radius 1 is 0.406 bits per heavy atom. The lowest BCUT2D eigenvalue weighted by Crippen LogP contribution is -2.45. The summed E-state index contributed by atoms with van der Waals surface area (Å²) in [7, 11) is 0. The Labute approximate surface area is 430 Å². The molecule has 69 heavy (non-hydrogen) atoms. The molecule has 2 unspecified atom stereocenters. The molecule has 0 fully saturated rings. The maximum absolute atomic E-state index is 12.4. The van der Waals surface area contributed by atoms with Gasteiger partial charge >= 0.3 is 5.97 Å². The molecule has 0 bridgehead atoms. The van der Waals surface area contributed by atoms with Gasteiger partial charge in [-0.15, -0.1) is 0 Å². The van der Waals surface area contributed by atoms with Crippen molar-refractivity contribution in [2.75, 3.05) is 13.2 Å². The zero-order valence-electron chi connectivity index (χ0n) is 46.3. The van der Waals surface area contributed by atoms with Gasteiger partial charge in [0, 0.05) is 12.8 Å². The number of allylic oxidation sites excluding steroid dienone is 5. The Bertz CT molecular complexity index is 1120. The first-order valence-electron chi connectivity index (χ1n) is 30.8. The van der Waals surface area contributed by atoms with Crippen LogP contribution in [0, 0.1) is 0 Å². The molecule has 2 atom stereocenters. The van der Waals surface area contributed by atoms with Crippen LogP contribution < -0.4 is 5.32 Å². The molecule has 0 aromatic carbocycles. The summed E-state index contributed by atoms with van der Waals surface area (Å²) in [6.07, 6.45) is 73.2. The van der Waals surface area contributed by atoms with Gasteiger partial charge in [0.25, 0.3) is 0 Å². The van der Waals surface area contributed by atoms with Gasteiger partial charge in [0.1, 0.15) is 0 Å². The third-order valence-electron chi connectivity index (χ3n) is 14.2. The third kappa shape index (κ3) is 55.2. The number of hydrogen-bond acceptors (Lipinski definition) is 5. The third-order valence-corrected chi connectivity index (χ3v) is 14.2. The smallest absolute Gasteiger partial charge is 0.305 e. The van der Waals surface area contributed by atoms with Gasteiger partial charge < -0.3 is 20.3 Å². The zero-order valence-corrected chi connectivity index (χ0v) is 46.3. The Hall–Kier alpha value is -1.92. The fraction of sp³-hybridized carbons (Fsp3) is 0.873. The molecule has 0 aromatic rings. The van der Waals surface area contributed by atoms with Crippen LogP contribution in [0.2, 0.25) is 0 Å². The maximum atomic E-state index is 12.4. The van der Waals surface area contributed by atoms with Gasteiger partial charge in [0.05, 0.1) is 25.4 Å². The number of rotatable bonds is 57. The normalized spacial score (nSPS) is 12.8. The molecule has 0 aliphatic carbocycles. The van der Waals surface area contributed by atoms with Crippen LogP contribution in [0.1, 0.15) is 328 Å². The van der Waals surface area contributed by atoms with Crippen molar-refractivity contribution >= 4 is 11.9 Å². The molecule has 3 N–H and O–H groups in total. The minimum atomic E-state index is -0.850. The molecular weight excluding hydrogens is 851 g/mol. The average Bonchev–Trinajstić information content (AvgIpc) is 3.35. The zero-order chi connectivity index (χ0) is 50.0. The van der Waals surface area contributed by atoms with Crippen molar-refractivity contribution in [1.29, 1.82) is 0 Å². The maximum Gasteiger partial charge on any atom is 0.305 e. The van der Waals surface area contributed by atoms with Gasteiger partial charge in [0.15, 0.2) is 0 Å². The molecule has 6 heteroatoms. The van der Waals surface area contributed by atoms with Gasteiger partial charge in [-0.2, -0.15) is 0 Å². The Kier molecular flexibility index (Phi) is 57.0. The summed E-state index contributed by atoms with van der Waals surface area (Å²) in [6, 6.07) is -0.635. The van der Waals surface area contributed by atoms with Crippen molar-refractivity contribution < 1.29 is 24.5 Å². The number of amides is 1. The number of unbranched alkanes of at least 4 members (excludes halogenated alkanes) is 42. The van der Waals surface area contributed by atoms with Crippen molar-refractivity contribution in [3.05, 3.63) is 36.5 Å². The summed E-state index contributed by atoms with van der Waals surface area (Å²) < 4.78 is 5.49. The first kappa shape index (κ1) is 67.1. The quantitative estimate of drug-likeness (QED) is 0.0321. The van der Waals surface area contributed by atoms with Gasteiger partial charge in [-0.05, 0) is 64.2 Å². The lowest BCUT2D eigenvalue weighted by molar-refractivity contribution is -0.143. The van der Waals surface area contributed by atoms with E-state index in [9.17, 15) is 19.8 Å². The number of nitrogens with one attached hydrogen (secondary N) is 1. The minimum Gasteiger partial charge on any atom is -0.466 e. The lowest BCUT2D eigenvalue weighted by Gasteiger charge is -2.20. The minimum absolute atomic E-state index is 0.00989. The summed E-state index contributed by atoms with van der Waals surface area (Å²) in [4.78, 5) is 24.5. The number of aliphatic hydroxyl groups is 2. The molecule has 1 amide bonds. The van der Waals surface area contributed by atoms with E-state index in [1.807, 2.05) is 6.08 Å². The number of ether oxygens (including phenoxy) is 1. The molecule has 0 aliphatic heterocycles. The molecule has 406 valence electrons. The topological polar surface area (TPSA) is 95.9 Å². The molecule has 0 aliphatic rings. The Morgan fingerprint density at radius 2 is 0.725 bits per heavy atom. The number of carbonyl (C=O) groups excluding carboxylic acids is 2. The second-order valence-electron chi connectivity index (χ2n) is 21.0. The molecule has 0 rings (SSSR count). The van der Waals surface area contributed by atoms with E-state index in [2.05, 4.69) is 43.5 Å². The highest BCUT2D eigenvalue weighted by atomic mass is 16.5. The number of hydrogen-bond donors (Lipinski definition) is 3. The Balaban J connectivity index is 3.45. The fourth-order valence-corrected chi connectivity index (χ4v) is 9.43. The van der Waals surface area contributed by atoms with Crippen LogP contribution >= 0.6 is 0 Å². The van der Waals surface area contributed by atoms with E-state index < -0.39 is 12.1 Å². The largest absolute Gasteiger partial charge is 0.466 e. The summed E-state index contributed by atoms with van der Waals surface area (Å²) in [5.74, 6) is -0.0684. The second-order valence-corrected chi connectivity index (χ2v) is 21.0. The van der Waals surface area contributed by atoms with E-state index in [1.54, 1.807) is 6.08 Å². The van der Waals surface area contributed by atoms with Crippen LogP contribution in [-0.2, 0) is 14.3 Å². The second kappa shape index (κ2) is 58.6. The first-order chi connectivity index (χ1) is 34.0. The number of carbonyl (C=O) groups is 2. The van der Waals surface area contributed by atoms with E-state index in [-0.39, 0.29) is 18.5 Å². The van der Waals surface area contributed by atoms with Gasteiger partial charge in [0.2, 0.25) is 5.91 Å². The first-order valence-corrected chi connectivity index (χ1v) is 30.8. The molecule has 0 heterocycles. The van der Waals surface area contributed by atoms with Gasteiger partial charge in [-0.3, -0.25) is 9.59 Å². The molecule has 0 aromatic heterocycles. The van der Waals surface area contributed by atoms with Crippen molar-refractivity contribution in [1.82, 2.24) is 5.32 Å².